The fraction of sp³-hybridized carbons (Fsp3) is 0.429. The number of halogens is 2. The summed E-state index contributed by atoms with van der Waals surface area (Å²) in [7, 11) is 0. The second-order valence-electron chi connectivity index (χ2n) is 5.32. The van der Waals surface area contributed by atoms with Crippen LogP contribution < -0.4 is 5.73 Å². The van der Waals surface area contributed by atoms with Crippen LogP contribution >= 0.6 is 11.6 Å². The van der Waals surface area contributed by atoms with Crippen molar-refractivity contribution in [3.63, 3.8) is 0 Å². The van der Waals surface area contributed by atoms with Crippen molar-refractivity contribution < 1.29 is 13.7 Å². The van der Waals surface area contributed by atoms with Gasteiger partial charge in [0.05, 0.1) is 18.3 Å². The molecule has 114 valence electrons. The molecule has 7 heteroatoms. The highest BCUT2D eigenvalue weighted by molar-refractivity contribution is 6.30. The van der Waals surface area contributed by atoms with Crippen LogP contribution in [-0.2, 0) is 10.3 Å². The maximum absolute atomic E-state index is 13.8. The fourth-order valence-electron chi connectivity index (χ4n) is 1.63. The van der Waals surface area contributed by atoms with Gasteiger partial charge in [0.2, 0.25) is 0 Å². The third kappa shape index (κ3) is 3.78. The van der Waals surface area contributed by atoms with Gasteiger partial charge in [-0.25, -0.2) is 4.39 Å². The van der Waals surface area contributed by atoms with E-state index in [1.807, 2.05) is 13.8 Å². The summed E-state index contributed by atoms with van der Waals surface area (Å²) in [6.07, 6.45) is 0.0321. The van der Waals surface area contributed by atoms with Gasteiger partial charge in [0.25, 0.3) is 5.89 Å². The minimum absolute atomic E-state index is 0.0321. The summed E-state index contributed by atoms with van der Waals surface area (Å²) < 4.78 is 24.3. The molecule has 1 aromatic carbocycles. The second-order valence-corrected chi connectivity index (χ2v) is 5.76. The molecule has 2 N–H and O–H groups in total. The van der Waals surface area contributed by atoms with Gasteiger partial charge in [0, 0.05) is 5.02 Å². The molecule has 1 atom stereocenters. The van der Waals surface area contributed by atoms with Crippen LogP contribution in [0.4, 0.5) is 4.39 Å². The lowest BCUT2D eigenvalue weighted by molar-refractivity contribution is 0.0410. The number of ether oxygens (including phenoxy) is 1. The third-order valence-electron chi connectivity index (χ3n) is 2.81. The van der Waals surface area contributed by atoms with Crippen LogP contribution in [0, 0.1) is 5.82 Å². The van der Waals surface area contributed by atoms with Crippen molar-refractivity contribution in [2.75, 3.05) is 6.61 Å². The Morgan fingerprint density at radius 2 is 2.19 bits per heavy atom. The summed E-state index contributed by atoms with van der Waals surface area (Å²) in [4.78, 5) is 4.15. The summed E-state index contributed by atoms with van der Waals surface area (Å²) >= 11 is 5.85. The molecule has 0 aliphatic rings. The van der Waals surface area contributed by atoms with E-state index in [-0.39, 0.29) is 30.0 Å². The molecule has 5 nitrogen and oxygen atoms in total. The van der Waals surface area contributed by atoms with Gasteiger partial charge in [-0.1, -0.05) is 16.8 Å². The van der Waals surface area contributed by atoms with Crippen LogP contribution in [0.2, 0.25) is 5.02 Å². The van der Waals surface area contributed by atoms with E-state index >= 15 is 0 Å². The van der Waals surface area contributed by atoms with Crippen LogP contribution in [-0.4, -0.2) is 22.9 Å². The third-order valence-corrected chi connectivity index (χ3v) is 3.05. The van der Waals surface area contributed by atoms with Gasteiger partial charge >= 0.3 is 0 Å². The van der Waals surface area contributed by atoms with Gasteiger partial charge in [-0.3, -0.25) is 0 Å². The highest BCUT2D eigenvalue weighted by Crippen LogP contribution is 2.26. The van der Waals surface area contributed by atoms with Crippen LogP contribution in [0.3, 0.4) is 0 Å². The number of benzene rings is 1. The van der Waals surface area contributed by atoms with E-state index in [1.165, 1.54) is 18.2 Å². The summed E-state index contributed by atoms with van der Waals surface area (Å²) in [6, 6.07) is 4.11. The molecule has 0 bridgehead atoms. The lowest BCUT2D eigenvalue weighted by atomic mass is 10.1. The molecule has 1 unspecified atom stereocenters. The molecule has 2 rings (SSSR count). The van der Waals surface area contributed by atoms with E-state index in [0.29, 0.717) is 5.02 Å². The minimum Gasteiger partial charge on any atom is -0.376 e. The molecule has 2 aromatic rings. The van der Waals surface area contributed by atoms with Crippen LogP contribution in [0.15, 0.2) is 22.7 Å². The van der Waals surface area contributed by atoms with Gasteiger partial charge in [-0.2, -0.15) is 4.98 Å². The van der Waals surface area contributed by atoms with Crippen molar-refractivity contribution in [1.82, 2.24) is 10.1 Å². The van der Waals surface area contributed by atoms with Crippen LogP contribution in [0.25, 0.3) is 11.5 Å². The van der Waals surface area contributed by atoms with Crippen molar-refractivity contribution in [3.8, 4) is 11.5 Å². The van der Waals surface area contributed by atoms with Gasteiger partial charge in [-0.15, -0.1) is 0 Å². The Balaban J connectivity index is 2.27. The average molecular weight is 314 g/mol. The molecule has 0 amide bonds. The van der Waals surface area contributed by atoms with E-state index in [0.717, 1.165) is 0 Å². The smallest absolute Gasteiger partial charge is 0.261 e. The van der Waals surface area contributed by atoms with Gasteiger partial charge in [-0.05, 0) is 39.0 Å². The number of hydrogen-bond acceptors (Lipinski definition) is 5. The summed E-state index contributed by atoms with van der Waals surface area (Å²) in [6.45, 7) is 5.75. The van der Waals surface area contributed by atoms with E-state index in [1.54, 1.807) is 6.92 Å². The Hall–Kier alpha value is -1.50. The monoisotopic (exact) mass is 313 g/mol. The molecule has 21 heavy (non-hydrogen) atoms. The van der Waals surface area contributed by atoms with Crippen molar-refractivity contribution in [2.45, 2.75) is 32.4 Å². The zero-order valence-electron chi connectivity index (χ0n) is 12.1. The summed E-state index contributed by atoms with van der Waals surface area (Å²) in [5, 5.41) is 4.19. The number of rotatable bonds is 5. The number of nitrogens with zero attached hydrogens (tertiary/aromatic N) is 2. The van der Waals surface area contributed by atoms with E-state index in [9.17, 15) is 4.39 Å². The van der Waals surface area contributed by atoms with Crippen LogP contribution in [0.5, 0.6) is 0 Å². The van der Waals surface area contributed by atoms with Crippen molar-refractivity contribution >= 4 is 11.6 Å². The predicted molar refractivity (Wildman–Crippen MR) is 77.3 cm³/mol. The molecule has 0 aliphatic heterocycles. The second kappa shape index (κ2) is 6.09. The predicted octanol–water partition coefficient (Wildman–Crippen LogP) is 3.13. The normalized spacial score (nSPS) is 14.4. The molecule has 0 saturated carbocycles. The molecule has 0 saturated heterocycles. The average Bonchev–Trinajstić information content (AvgIpc) is 2.90. The van der Waals surface area contributed by atoms with E-state index in [4.69, 9.17) is 26.6 Å². The summed E-state index contributed by atoms with van der Waals surface area (Å²) in [5.41, 5.74) is 5.33. The van der Waals surface area contributed by atoms with Crippen molar-refractivity contribution in [1.29, 1.82) is 0 Å². The Morgan fingerprint density at radius 1 is 1.48 bits per heavy atom. The number of aromatic nitrogens is 2. The Kier molecular flexibility index (Phi) is 4.61. The zero-order valence-corrected chi connectivity index (χ0v) is 12.8. The highest BCUT2D eigenvalue weighted by atomic mass is 35.5. The Morgan fingerprint density at radius 3 is 2.86 bits per heavy atom. The van der Waals surface area contributed by atoms with E-state index in [2.05, 4.69) is 10.1 Å². The first-order valence-electron chi connectivity index (χ1n) is 6.49. The molecule has 1 aromatic heterocycles. The quantitative estimate of drug-likeness (QED) is 0.918. The zero-order chi connectivity index (χ0) is 15.6. The molecule has 0 radical (unpaired) electrons. The minimum atomic E-state index is -0.929. The topological polar surface area (TPSA) is 74.2 Å². The Bertz CT molecular complexity index is 628. The molecule has 0 aliphatic carbocycles. The molecular formula is C14H17ClFN3O2. The molecule has 0 spiro atoms. The maximum Gasteiger partial charge on any atom is 0.261 e. The molecule has 1 heterocycles. The standard InChI is InChI=1S/C14H17ClFN3O2/c1-8(2)20-7-14(3,17)13-18-12(21-19-13)10-6-9(15)4-5-11(10)16/h4-6,8H,7,17H2,1-3H3. The first-order valence-corrected chi connectivity index (χ1v) is 6.87. The summed E-state index contributed by atoms with van der Waals surface area (Å²) in [5.74, 6) is -0.212. The van der Waals surface area contributed by atoms with Crippen molar-refractivity contribution in [2.24, 2.45) is 5.73 Å². The first kappa shape index (κ1) is 15.9. The van der Waals surface area contributed by atoms with Crippen molar-refractivity contribution in [3.05, 3.63) is 34.9 Å². The molecule has 0 fully saturated rings. The van der Waals surface area contributed by atoms with E-state index < -0.39 is 11.4 Å². The first-order chi connectivity index (χ1) is 9.79. The van der Waals surface area contributed by atoms with Crippen LogP contribution in [0.1, 0.15) is 26.6 Å². The van der Waals surface area contributed by atoms with Gasteiger partial charge in [0.15, 0.2) is 5.82 Å². The highest BCUT2D eigenvalue weighted by Gasteiger charge is 2.29. The van der Waals surface area contributed by atoms with Gasteiger partial charge < -0.3 is 15.0 Å². The lowest BCUT2D eigenvalue weighted by Gasteiger charge is -2.21. The number of nitrogens with two attached hydrogens (primary N) is 1. The fourth-order valence-corrected chi connectivity index (χ4v) is 1.80. The maximum atomic E-state index is 13.8. The molecular weight excluding hydrogens is 297 g/mol. The van der Waals surface area contributed by atoms with Gasteiger partial charge in [0.1, 0.15) is 11.4 Å². The SMILES string of the molecule is CC(C)OCC(C)(N)c1noc(-c2cc(Cl)ccc2F)n1. The Labute approximate surface area is 127 Å². The lowest BCUT2D eigenvalue weighted by Crippen LogP contribution is -2.40. The largest absolute Gasteiger partial charge is 0.376 e. The number of hydrogen-bond donors (Lipinski definition) is 1.